The van der Waals surface area contributed by atoms with Crippen molar-refractivity contribution in [2.75, 3.05) is 11.4 Å². The van der Waals surface area contributed by atoms with Crippen LogP contribution in [-0.4, -0.2) is 21.4 Å². The minimum atomic E-state index is -3.65. The molecule has 0 saturated heterocycles. The van der Waals surface area contributed by atoms with Gasteiger partial charge in [-0.25, -0.2) is 8.42 Å². The Morgan fingerprint density at radius 1 is 0.897 bits per heavy atom. The highest BCUT2D eigenvalue weighted by atomic mass is 32.2. The van der Waals surface area contributed by atoms with Crippen LogP contribution >= 0.6 is 0 Å². The van der Waals surface area contributed by atoms with E-state index in [1.807, 2.05) is 37.3 Å². The molecule has 3 aromatic carbocycles. The van der Waals surface area contributed by atoms with Gasteiger partial charge in [-0.1, -0.05) is 55.5 Å². The maximum atomic E-state index is 12.7. The molecule has 1 atom stereocenters. The Kier molecular flexibility index (Phi) is 6.34. The summed E-state index contributed by atoms with van der Waals surface area (Å²) in [4.78, 5) is 12.9. The predicted molar refractivity (Wildman–Crippen MR) is 115 cm³/mol. The van der Waals surface area contributed by atoms with Gasteiger partial charge in [-0.15, -0.1) is 0 Å². The van der Waals surface area contributed by atoms with Crippen molar-refractivity contribution in [3.05, 3.63) is 96.1 Å². The second-order valence-electron chi connectivity index (χ2n) is 6.68. The van der Waals surface area contributed by atoms with Gasteiger partial charge in [0, 0.05) is 12.6 Å². The molecule has 0 bridgehead atoms. The number of carbonyl (C=O) groups is 1. The molecule has 0 radical (unpaired) electrons. The van der Waals surface area contributed by atoms with Crippen molar-refractivity contribution in [3.63, 3.8) is 0 Å². The molecule has 0 aliphatic rings. The van der Waals surface area contributed by atoms with E-state index in [9.17, 15) is 13.2 Å². The Bertz CT molecular complexity index is 1050. The van der Waals surface area contributed by atoms with E-state index in [1.54, 1.807) is 54.6 Å². The SMILES string of the molecule is CC[C@@H](NC(=O)c1ccc(N(C)S(=O)(=O)c2ccccc2)cc1)c1ccccc1. The average molecular weight is 409 g/mol. The number of nitrogens with zero attached hydrogens (tertiary/aromatic N) is 1. The molecular formula is C23H24N2O3S. The number of hydrogen-bond donors (Lipinski definition) is 1. The number of nitrogens with one attached hydrogen (secondary N) is 1. The Hall–Kier alpha value is -3.12. The van der Waals surface area contributed by atoms with Gasteiger partial charge in [-0.3, -0.25) is 9.10 Å². The van der Waals surface area contributed by atoms with Crippen molar-refractivity contribution in [1.29, 1.82) is 0 Å². The number of sulfonamides is 1. The minimum Gasteiger partial charge on any atom is -0.345 e. The smallest absolute Gasteiger partial charge is 0.264 e. The van der Waals surface area contributed by atoms with Crippen LogP contribution in [-0.2, 0) is 10.0 Å². The van der Waals surface area contributed by atoms with Crippen molar-refractivity contribution in [3.8, 4) is 0 Å². The first-order chi connectivity index (χ1) is 13.9. The fraction of sp³-hybridized carbons (Fsp3) is 0.174. The molecule has 0 saturated carbocycles. The highest BCUT2D eigenvalue weighted by Crippen LogP contribution is 2.23. The zero-order valence-corrected chi connectivity index (χ0v) is 17.3. The third kappa shape index (κ3) is 4.66. The summed E-state index contributed by atoms with van der Waals surface area (Å²) in [6.45, 7) is 2.02. The molecule has 3 aromatic rings. The third-order valence-corrected chi connectivity index (χ3v) is 6.61. The lowest BCUT2D eigenvalue weighted by molar-refractivity contribution is 0.0935. The van der Waals surface area contributed by atoms with E-state index in [0.717, 1.165) is 12.0 Å². The van der Waals surface area contributed by atoms with Crippen molar-refractivity contribution in [2.45, 2.75) is 24.3 Å². The molecule has 29 heavy (non-hydrogen) atoms. The van der Waals surface area contributed by atoms with E-state index in [-0.39, 0.29) is 16.8 Å². The maximum absolute atomic E-state index is 12.7. The second-order valence-corrected chi connectivity index (χ2v) is 8.65. The summed E-state index contributed by atoms with van der Waals surface area (Å²) >= 11 is 0. The molecular weight excluding hydrogens is 384 g/mol. The molecule has 0 fully saturated rings. The molecule has 6 heteroatoms. The largest absolute Gasteiger partial charge is 0.345 e. The van der Waals surface area contributed by atoms with Crippen molar-refractivity contribution in [1.82, 2.24) is 5.32 Å². The van der Waals surface area contributed by atoms with E-state index >= 15 is 0 Å². The fourth-order valence-corrected chi connectivity index (χ4v) is 4.28. The summed E-state index contributed by atoms with van der Waals surface area (Å²) < 4.78 is 26.7. The highest BCUT2D eigenvalue weighted by molar-refractivity contribution is 7.92. The van der Waals surface area contributed by atoms with Crippen molar-refractivity contribution in [2.24, 2.45) is 0 Å². The highest BCUT2D eigenvalue weighted by Gasteiger charge is 2.21. The van der Waals surface area contributed by atoms with Gasteiger partial charge >= 0.3 is 0 Å². The summed E-state index contributed by atoms with van der Waals surface area (Å²) in [5.41, 5.74) is 2.02. The number of benzene rings is 3. The van der Waals surface area contributed by atoms with Crippen LogP contribution in [0.3, 0.4) is 0 Å². The van der Waals surface area contributed by atoms with Crippen molar-refractivity contribution < 1.29 is 13.2 Å². The lowest BCUT2D eigenvalue weighted by Gasteiger charge is -2.20. The lowest BCUT2D eigenvalue weighted by atomic mass is 10.0. The lowest BCUT2D eigenvalue weighted by Crippen LogP contribution is -2.28. The van der Waals surface area contributed by atoms with E-state index < -0.39 is 10.0 Å². The normalized spacial score (nSPS) is 12.2. The molecule has 150 valence electrons. The van der Waals surface area contributed by atoms with Crippen LogP contribution < -0.4 is 9.62 Å². The summed E-state index contributed by atoms with van der Waals surface area (Å²) in [7, 11) is -2.15. The number of amides is 1. The molecule has 1 N–H and O–H groups in total. The summed E-state index contributed by atoms with van der Waals surface area (Å²) in [6.07, 6.45) is 0.770. The van der Waals surface area contributed by atoms with Gasteiger partial charge < -0.3 is 5.32 Å². The number of carbonyl (C=O) groups excluding carboxylic acids is 1. The van der Waals surface area contributed by atoms with Crippen LogP contribution in [0.4, 0.5) is 5.69 Å². The number of anilines is 1. The van der Waals surface area contributed by atoms with E-state index in [0.29, 0.717) is 11.3 Å². The zero-order valence-electron chi connectivity index (χ0n) is 16.4. The van der Waals surface area contributed by atoms with Crippen LogP contribution in [0.15, 0.2) is 89.8 Å². The Morgan fingerprint density at radius 3 is 2.00 bits per heavy atom. The average Bonchev–Trinajstić information content (AvgIpc) is 2.78. The molecule has 0 heterocycles. The maximum Gasteiger partial charge on any atom is 0.264 e. The monoisotopic (exact) mass is 408 g/mol. The van der Waals surface area contributed by atoms with Crippen LogP contribution in [0.25, 0.3) is 0 Å². The molecule has 0 aliphatic carbocycles. The fourth-order valence-electron chi connectivity index (χ4n) is 3.06. The summed E-state index contributed by atoms with van der Waals surface area (Å²) in [5, 5.41) is 3.03. The van der Waals surface area contributed by atoms with Gasteiger partial charge in [0.15, 0.2) is 0 Å². The number of hydrogen-bond acceptors (Lipinski definition) is 3. The van der Waals surface area contributed by atoms with E-state index in [4.69, 9.17) is 0 Å². The third-order valence-electron chi connectivity index (χ3n) is 4.81. The Morgan fingerprint density at radius 2 is 1.45 bits per heavy atom. The molecule has 0 aromatic heterocycles. The Labute approximate surface area is 172 Å². The van der Waals surface area contributed by atoms with E-state index in [2.05, 4.69) is 5.32 Å². The molecule has 5 nitrogen and oxygen atoms in total. The first-order valence-corrected chi connectivity index (χ1v) is 10.9. The van der Waals surface area contributed by atoms with Gasteiger partial charge in [0.2, 0.25) is 0 Å². The first kappa shape index (κ1) is 20.6. The zero-order chi connectivity index (χ0) is 20.9. The minimum absolute atomic E-state index is 0.0792. The van der Waals surface area contributed by atoms with Gasteiger partial charge in [0.1, 0.15) is 0 Å². The van der Waals surface area contributed by atoms with Crippen LogP contribution in [0.1, 0.15) is 35.3 Å². The number of rotatable bonds is 7. The molecule has 0 unspecified atom stereocenters. The molecule has 0 spiro atoms. The van der Waals surface area contributed by atoms with Crippen LogP contribution in [0.5, 0.6) is 0 Å². The molecule has 0 aliphatic heterocycles. The van der Waals surface area contributed by atoms with Gasteiger partial charge in [-0.05, 0) is 48.4 Å². The Balaban J connectivity index is 1.75. The van der Waals surface area contributed by atoms with Crippen LogP contribution in [0.2, 0.25) is 0 Å². The first-order valence-electron chi connectivity index (χ1n) is 9.43. The molecule has 3 rings (SSSR count). The molecule has 1 amide bonds. The topological polar surface area (TPSA) is 66.5 Å². The van der Waals surface area contributed by atoms with E-state index in [1.165, 1.54) is 11.4 Å². The second kappa shape index (κ2) is 8.92. The predicted octanol–water partition coefficient (Wildman–Crippen LogP) is 4.39. The quantitative estimate of drug-likeness (QED) is 0.630. The van der Waals surface area contributed by atoms with Gasteiger partial charge in [0.05, 0.1) is 16.6 Å². The van der Waals surface area contributed by atoms with Crippen LogP contribution in [0, 0.1) is 0 Å². The summed E-state index contributed by atoms with van der Waals surface area (Å²) in [6, 6.07) is 24.5. The van der Waals surface area contributed by atoms with Crippen molar-refractivity contribution >= 4 is 21.6 Å². The summed E-state index contributed by atoms with van der Waals surface area (Å²) in [5.74, 6) is -0.194. The standard InChI is InChI=1S/C23H24N2O3S/c1-3-22(18-10-6-4-7-11-18)24-23(26)19-14-16-20(17-15-19)25(2)29(27,28)21-12-8-5-9-13-21/h4-17,22H,3H2,1-2H3,(H,24,26)/t22-/m1/s1. The van der Waals surface area contributed by atoms with Gasteiger partial charge in [0.25, 0.3) is 15.9 Å². The van der Waals surface area contributed by atoms with Gasteiger partial charge in [-0.2, -0.15) is 0 Å².